The van der Waals surface area contributed by atoms with Crippen molar-refractivity contribution >= 4 is 11.9 Å². The van der Waals surface area contributed by atoms with Gasteiger partial charge in [0, 0.05) is 24.8 Å². The van der Waals surface area contributed by atoms with Crippen molar-refractivity contribution in [1.82, 2.24) is 5.43 Å². The van der Waals surface area contributed by atoms with Gasteiger partial charge in [0.15, 0.2) is 0 Å². The van der Waals surface area contributed by atoms with Crippen LogP contribution in [0.4, 0.5) is 5.69 Å². The number of benzene rings is 1. The van der Waals surface area contributed by atoms with E-state index in [0.717, 1.165) is 12.0 Å². The van der Waals surface area contributed by atoms with Gasteiger partial charge in [-0.3, -0.25) is 10.1 Å². The molecule has 1 aliphatic rings. The molecule has 86 valence electrons. The first-order chi connectivity index (χ1) is 7.77. The number of nitro benzene ring substituents is 1. The van der Waals surface area contributed by atoms with Crippen LogP contribution in [0.15, 0.2) is 29.4 Å². The lowest BCUT2D eigenvalue weighted by Crippen LogP contribution is -2.09. The molecule has 1 heterocycles. The molecule has 16 heavy (non-hydrogen) atoms. The van der Waals surface area contributed by atoms with E-state index in [1.807, 2.05) is 13.8 Å². The monoisotopic (exact) mass is 221 g/mol. The topological polar surface area (TPSA) is 67.5 Å². The van der Waals surface area contributed by atoms with Crippen LogP contribution >= 0.6 is 0 Å². The fourth-order valence-corrected chi connectivity index (χ4v) is 1.39. The molecule has 0 fully saturated rings. The number of non-ortho nitro benzene ring substituents is 1. The molecule has 0 aromatic heterocycles. The molecule has 1 N–H and O–H groups in total. The standard InChI is InChI=1S/C9H9N3O2.C2H6/c13-12(14)8-3-1-7(2-4-8)9-5-6-10-11-9;1-2/h1-4,6,9,11H,5H2;1-2H3. The SMILES string of the molecule is CC.O=[N+]([O-])c1ccc(C2CC=NN2)cc1. The van der Waals surface area contributed by atoms with Gasteiger partial charge < -0.3 is 5.43 Å². The molecule has 1 aliphatic heterocycles. The molecular formula is C11H15N3O2. The Bertz CT molecular complexity index is 365. The van der Waals surface area contributed by atoms with E-state index in [-0.39, 0.29) is 11.7 Å². The van der Waals surface area contributed by atoms with E-state index in [0.29, 0.717) is 0 Å². The second-order valence-corrected chi connectivity index (χ2v) is 3.08. The van der Waals surface area contributed by atoms with E-state index in [2.05, 4.69) is 10.5 Å². The minimum absolute atomic E-state index is 0.118. The van der Waals surface area contributed by atoms with Gasteiger partial charge in [0.25, 0.3) is 5.69 Å². The number of nitrogens with one attached hydrogen (secondary N) is 1. The molecule has 1 aromatic carbocycles. The Kier molecular flexibility index (Phi) is 4.44. The smallest absolute Gasteiger partial charge is 0.269 e. The highest BCUT2D eigenvalue weighted by atomic mass is 16.6. The molecule has 0 radical (unpaired) electrons. The van der Waals surface area contributed by atoms with Crippen molar-refractivity contribution in [2.24, 2.45) is 5.10 Å². The second-order valence-electron chi connectivity index (χ2n) is 3.08. The van der Waals surface area contributed by atoms with E-state index >= 15 is 0 Å². The number of rotatable bonds is 2. The Hall–Kier alpha value is -1.91. The van der Waals surface area contributed by atoms with E-state index in [1.54, 1.807) is 18.3 Å². The molecule has 1 aromatic rings. The third kappa shape index (κ3) is 2.79. The minimum atomic E-state index is -0.400. The summed E-state index contributed by atoms with van der Waals surface area (Å²) in [5.41, 5.74) is 4.06. The lowest BCUT2D eigenvalue weighted by molar-refractivity contribution is -0.384. The summed E-state index contributed by atoms with van der Waals surface area (Å²) in [6, 6.07) is 6.69. The summed E-state index contributed by atoms with van der Waals surface area (Å²) in [7, 11) is 0. The van der Waals surface area contributed by atoms with Crippen molar-refractivity contribution in [2.45, 2.75) is 26.3 Å². The Morgan fingerprint density at radius 2 is 2.00 bits per heavy atom. The summed E-state index contributed by atoms with van der Waals surface area (Å²) in [4.78, 5) is 10.00. The molecular weight excluding hydrogens is 206 g/mol. The molecule has 1 unspecified atom stereocenters. The highest BCUT2D eigenvalue weighted by Gasteiger charge is 2.14. The van der Waals surface area contributed by atoms with Gasteiger partial charge in [-0.1, -0.05) is 26.0 Å². The second kappa shape index (κ2) is 5.85. The van der Waals surface area contributed by atoms with Crippen molar-refractivity contribution in [3.05, 3.63) is 39.9 Å². The summed E-state index contributed by atoms with van der Waals surface area (Å²) in [5, 5.41) is 14.3. The number of hydrazone groups is 1. The van der Waals surface area contributed by atoms with Gasteiger partial charge in [0.2, 0.25) is 0 Å². The molecule has 0 bridgehead atoms. The number of nitrogens with zero attached hydrogens (tertiary/aromatic N) is 2. The first-order valence-corrected chi connectivity index (χ1v) is 5.29. The largest absolute Gasteiger partial charge is 0.303 e. The molecule has 0 amide bonds. The first kappa shape index (κ1) is 12.2. The van der Waals surface area contributed by atoms with Crippen molar-refractivity contribution < 1.29 is 4.92 Å². The zero-order valence-electron chi connectivity index (χ0n) is 9.38. The van der Waals surface area contributed by atoms with Crippen LogP contribution in [0, 0.1) is 10.1 Å². The predicted octanol–water partition coefficient (Wildman–Crippen LogP) is 2.64. The lowest BCUT2D eigenvalue weighted by atomic mass is 10.1. The third-order valence-electron chi connectivity index (χ3n) is 2.17. The summed E-state index contributed by atoms with van der Waals surface area (Å²) < 4.78 is 0. The molecule has 0 aliphatic carbocycles. The number of hydrogen-bond acceptors (Lipinski definition) is 4. The van der Waals surface area contributed by atoms with Crippen molar-refractivity contribution in [3.8, 4) is 0 Å². The van der Waals surface area contributed by atoms with Crippen molar-refractivity contribution in [3.63, 3.8) is 0 Å². The van der Waals surface area contributed by atoms with Gasteiger partial charge in [-0.2, -0.15) is 5.10 Å². The summed E-state index contributed by atoms with van der Waals surface area (Å²) in [5.74, 6) is 0. The molecule has 1 atom stereocenters. The molecule has 5 heteroatoms. The van der Waals surface area contributed by atoms with Gasteiger partial charge in [0.05, 0.1) is 11.0 Å². The average Bonchev–Trinajstić information content (AvgIpc) is 2.85. The first-order valence-electron chi connectivity index (χ1n) is 5.29. The maximum absolute atomic E-state index is 10.4. The van der Waals surface area contributed by atoms with Crippen LogP contribution in [0.25, 0.3) is 0 Å². The maximum atomic E-state index is 10.4. The fourth-order valence-electron chi connectivity index (χ4n) is 1.39. The Morgan fingerprint density at radius 1 is 1.38 bits per heavy atom. The fraction of sp³-hybridized carbons (Fsp3) is 0.364. The van der Waals surface area contributed by atoms with Gasteiger partial charge >= 0.3 is 0 Å². The van der Waals surface area contributed by atoms with Crippen molar-refractivity contribution in [1.29, 1.82) is 0 Å². The van der Waals surface area contributed by atoms with E-state index < -0.39 is 4.92 Å². The third-order valence-corrected chi connectivity index (χ3v) is 2.17. The minimum Gasteiger partial charge on any atom is -0.303 e. The molecule has 5 nitrogen and oxygen atoms in total. The highest BCUT2D eigenvalue weighted by Crippen LogP contribution is 2.21. The summed E-state index contributed by atoms with van der Waals surface area (Å²) in [6.07, 6.45) is 2.63. The van der Waals surface area contributed by atoms with E-state index in [4.69, 9.17) is 0 Å². The Balaban J connectivity index is 0.000000606. The van der Waals surface area contributed by atoms with Gasteiger partial charge in [-0.15, -0.1) is 0 Å². The van der Waals surface area contributed by atoms with Crippen LogP contribution < -0.4 is 5.43 Å². The maximum Gasteiger partial charge on any atom is 0.269 e. The van der Waals surface area contributed by atoms with E-state index in [1.165, 1.54) is 12.1 Å². The normalized spacial score (nSPS) is 17.2. The molecule has 2 rings (SSSR count). The van der Waals surface area contributed by atoms with Crippen LogP contribution in [-0.4, -0.2) is 11.1 Å². The number of nitro groups is 1. The van der Waals surface area contributed by atoms with Crippen LogP contribution in [-0.2, 0) is 0 Å². The van der Waals surface area contributed by atoms with Crippen LogP contribution in [0.2, 0.25) is 0 Å². The zero-order valence-corrected chi connectivity index (χ0v) is 9.38. The summed E-state index contributed by atoms with van der Waals surface area (Å²) >= 11 is 0. The van der Waals surface area contributed by atoms with Gasteiger partial charge in [0.1, 0.15) is 0 Å². The predicted molar refractivity (Wildman–Crippen MR) is 63.4 cm³/mol. The lowest BCUT2D eigenvalue weighted by Gasteiger charge is -2.08. The Morgan fingerprint density at radius 3 is 2.44 bits per heavy atom. The van der Waals surface area contributed by atoms with Crippen LogP contribution in [0.5, 0.6) is 0 Å². The average molecular weight is 221 g/mol. The molecule has 0 saturated heterocycles. The number of hydrogen-bond donors (Lipinski definition) is 1. The molecule has 0 saturated carbocycles. The van der Waals surface area contributed by atoms with Gasteiger partial charge in [-0.05, 0) is 5.56 Å². The van der Waals surface area contributed by atoms with E-state index in [9.17, 15) is 10.1 Å². The van der Waals surface area contributed by atoms with Gasteiger partial charge in [-0.25, -0.2) is 0 Å². The summed E-state index contributed by atoms with van der Waals surface area (Å²) in [6.45, 7) is 4.00. The van der Waals surface area contributed by atoms with Crippen molar-refractivity contribution in [2.75, 3.05) is 0 Å². The van der Waals surface area contributed by atoms with Crippen LogP contribution in [0.1, 0.15) is 31.9 Å². The molecule has 0 spiro atoms. The zero-order chi connectivity index (χ0) is 12.0. The highest BCUT2D eigenvalue weighted by molar-refractivity contribution is 5.60. The van der Waals surface area contributed by atoms with Crippen LogP contribution in [0.3, 0.4) is 0 Å². The quantitative estimate of drug-likeness (QED) is 0.616. The Labute approximate surface area is 94.3 Å².